The maximum absolute atomic E-state index is 14.3. The Morgan fingerprint density at radius 3 is 2.45 bits per heavy atom. The predicted molar refractivity (Wildman–Crippen MR) is 227 cm³/mol. The number of likely N-dealkylation sites (tertiary alicyclic amines) is 1. The van der Waals surface area contributed by atoms with E-state index in [1.54, 1.807) is 11.7 Å². The molecule has 6 aromatic rings. The zero-order valence-electron chi connectivity index (χ0n) is 32.7. The van der Waals surface area contributed by atoms with Gasteiger partial charge in [-0.15, -0.1) is 26.3 Å². The van der Waals surface area contributed by atoms with E-state index in [9.17, 15) is 14.4 Å². The van der Waals surface area contributed by atoms with E-state index in [4.69, 9.17) is 14.5 Å². The maximum Gasteiger partial charge on any atom is 0.333 e. The minimum atomic E-state index is -0.428. The number of aliphatic imine (C=N–C) groups is 1. The van der Waals surface area contributed by atoms with Crippen LogP contribution >= 0.6 is 23.1 Å². The normalized spacial score (nSPS) is 18.1. The maximum atomic E-state index is 14.3. The number of aryl methyl sites for hydroxylation is 1. The number of fused-ring (bicyclic) bond motifs is 4. The van der Waals surface area contributed by atoms with Gasteiger partial charge in [0.25, 0.3) is 11.5 Å². The van der Waals surface area contributed by atoms with Gasteiger partial charge in [-0.25, -0.2) is 4.79 Å². The standard InChI is InChI=1S/C43H44N8O5S2/c1-4-38-45-47-50(46-38)25-49-34-23-37(26-9-7-6-8-10-26)58-40(34)42(53)51(43(49)54)29-15-18-48(19-16-29)41(52)28-13-11-27(12-14-28)39-31-22-35(55-3)36(56-5-2)21-30(31)32-24-57-20-17-33(32)44-39/h6-14,21-23,29,32-33H,4-5,15-20,24-25H2,1-3H3/t32-,33-/m1/s1. The van der Waals surface area contributed by atoms with Gasteiger partial charge in [0.05, 0.1) is 31.0 Å². The molecule has 2 fully saturated rings. The number of thiophene rings is 1. The fourth-order valence-corrected chi connectivity index (χ4v) is 10.7. The smallest absolute Gasteiger partial charge is 0.333 e. The number of amides is 1. The molecule has 0 radical (unpaired) electrons. The van der Waals surface area contributed by atoms with Gasteiger partial charge >= 0.3 is 5.69 Å². The van der Waals surface area contributed by atoms with Crippen LogP contribution in [-0.2, 0) is 13.1 Å². The molecule has 0 unspecified atom stereocenters. The lowest BCUT2D eigenvalue weighted by molar-refractivity contribution is 0.0691. The summed E-state index contributed by atoms with van der Waals surface area (Å²) in [7, 11) is 1.66. The first-order valence-electron chi connectivity index (χ1n) is 19.9. The zero-order valence-corrected chi connectivity index (χ0v) is 34.3. The van der Waals surface area contributed by atoms with Crippen molar-refractivity contribution < 1.29 is 14.3 Å². The van der Waals surface area contributed by atoms with Crippen molar-refractivity contribution in [2.24, 2.45) is 4.99 Å². The van der Waals surface area contributed by atoms with Gasteiger partial charge < -0.3 is 14.4 Å². The number of ether oxygens (including phenoxy) is 2. The molecule has 0 saturated carbocycles. The van der Waals surface area contributed by atoms with Crippen molar-refractivity contribution in [1.82, 2.24) is 34.2 Å². The lowest BCUT2D eigenvalue weighted by atomic mass is 9.81. The van der Waals surface area contributed by atoms with Crippen molar-refractivity contribution in [3.8, 4) is 21.9 Å². The molecule has 58 heavy (non-hydrogen) atoms. The lowest BCUT2D eigenvalue weighted by Gasteiger charge is -2.35. The second kappa shape index (κ2) is 16.0. The van der Waals surface area contributed by atoms with Crippen molar-refractivity contribution >= 4 is 44.9 Å². The first-order chi connectivity index (χ1) is 28.3. The summed E-state index contributed by atoms with van der Waals surface area (Å²) in [5, 5.41) is 12.7. The van der Waals surface area contributed by atoms with Gasteiger partial charge in [0.2, 0.25) is 0 Å². The molecular formula is C43H44N8O5S2. The SMILES string of the molecule is CCOc1cc2c(cc1OC)C(c1ccc(C(=O)N3CCC(n4c(=O)c5sc(-c6ccccc6)cc5n(Cn5nnc(CC)n5)c4=O)CC3)cc1)=N[C@@H]1CCSC[C@H]21. The number of carbonyl (C=O) groups excluding carboxylic acids is 1. The molecule has 2 saturated heterocycles. The molecule has 0 aliphatic carbocycles. The number of thioether (sulfide) groups is 1. The van der Waals surface area contributed by atoms with Crippen molar-refractivity contribution in [1.29, 1.82) is 0 Å². The lowest BCUT2D eigenvalue weighted by Crippen LogP contribution is -2.47. The quantitative estimate of drug-likeness (QED) is 0.157. The van der Waals surface area contributed by atoms with Crippen molar-refractivity contribution in [3.63, 3.8) is 0 Å². The molecule has 0 spiro atoms. The summed E-state index contributed by atoms with van der Waals surface area (Å²) in [6.07, 6.45) is 2.54. The molecule has 0 bridgehead atoms. The highest BCUT2D eigenvalue weighted by Gasteiger charge is 2.35. The Morgan fingerprint density at radius 2 is 1.72 bits per heavy atom. The van der Waals surface area contributed by atoms with E-state index < -0.39 is 5.69 Å². The number of rotatable bonds is 10. The molecular weight excluding hydrogens is 773 g/mol. The molecule has 9 rings (SSSR count). The average Bonchev–Trinajstić information content (AvgIpc) is 3.93. The van der Waals surface area contributed by atoms with Crippen LogP contribution in [0.25, 0.3) is 20.7 Å². The summed E-state index contributed by atoms with van der Waals surface area (Å²) in [5.41, 5.74) is 5.46. The van der Waals surface area contributed by atoms with E-state index in [-0.39, 0.29) is 30.2 Å². The first-order valence-corrected chi connectivity index (χ1v) is 21.8. The molecule has 6 heterocycles. The summed E-state index contributed by atoms with van der Waals surface area (Å²) in [6, 6.07) is 23.4. The molecule has 298 valence electrons. The third kappa shape index (κ3) is 6.93. The molecule has 3 aromatic carbocycles. The molecule has 1 amide bonds. The highest BCUT2D eigenvalue weighted by atomic mass is 32.2. The van der Waals surface area contributed by atoms with Gasteiger partial charge in [0.15, 0.2) is 17.3 Å². The Bertz CT molecular complexity index is 2640. The molecule has 2 atom stereocenters. The van der Waals surface area contributed by atoms with Crippen LogP contribution in [0.15, 0.2) is 87.4 Å². The molecule has 0 N–H and O–H groups in total. The fourth-order valence-electron chi connectivity index (χ4n) is 8.41. The van der Waals surface area contributed by atoms with Crippen LogP contribution in [0.3, 0.4) is 0 Å². The topological polar surface area (TPSA) is 139 Å². The molecule has 3 aromatic heterocycles. The Kier molecular flexibility index (Phi) is 10.5. The first kappa shape index (κ1) is 38.0. The van der Waals surface area contributed by atoms with E-state index >= 15 is 0 Å². The number of nitrogens with zero attached hydrogens (tertiary/aromatic N) is 8. The summed E-state index contributed by atoms with van der Waals surface area (Å²) in [6.45, 7) is 5.29. The Morgan fingerprint density at radius 1 is 0.931 bits per heavy atom. The number of aromatic nitrogens is 6. The van der Waals surface area contributed by atoms with E-state index in [0.717, 1.165) is 51.0 Å². The van der Waals surface area contributed by atoms with E-state index in [2.05, 4.69) is 21.5 Å². The van der Waals surface area contributed by atoms with Crippen LogP contribution in [0.1, 0.15) is 77.9 Å². The molecule has 3 aliphatic rings. The van der Waals surface area contributed by atoms with Crippen LogP contribution in [0.5, 0.6) is 11.5 Å². The van der Waals surface area contributed by atoms with Crippen molar-refractivity contribution in [3.05, 3.63) is 122 Å². The number of hydrogen-bond acceptors (Lipinski definition) is 11. The monoisotopic (exact) mass is 816 g/mol. The van der Waals surface area contributed by atoms with Gasteiger partial charge in [-0.1, -0.05) is 49.4 Å². The Hall–Kier alpha value is -5.54. The Labute approximate surface area is 343 Å². The van der Waals surface area contributed by atoms with E-state index in [0.29, 0.717) is 72.2 Å². The number of piperidine rings is 1. The van der Waals surface area contributed by atoms with Crippen LogP contribution in [0.2, 0.25) is 0 Å². The Balaban J connectivity index is 0.967. The number of carbonyl (C=O) groups is 1. The van der Waals surface area contributed by atoms with Crippen LogP contribution in [0, 0.1) is 0 Å². The van der Waals surface area contributed by atoms with Crippen LogP contribution < -0.4 is 20.7 Å². The fraction of sp³-hybridized carbons (Fsp3) is 0.372. The average molecular weight is 817 g/mol. The van der Waals surface area contributed by atoms with E-state index in [1.807, 2.05) is 97.2 Å². The molecule has 13 nitrogen and oxygen atoms in total. The van der Waals surface area contributed by atoms with Gasteiger partial charge in [-0.05, 0) is 78.6 Å². The van der Waals surface area contributed by atoms with E-state index in [1.165, 1.54) is 26.3 Å². The zero-order chi connectivity index (χ0) is 39.9. The highest BCUT2D eigenvalue weighted by molar-refractivity contribution is 7.99. The van der Waals surface area contributed by atoms with Crippen LogP contribution in [-0.4, -0.2) is 90.2 Å². The molecule has 3 aliphatic heterocycles. The van der Waals surface area contributed by atoms with Crippen molar-refractivity contribution in [2.45, 2.75) is 64.2 Å². The minimum Gasteiger partial charge on any atom is -0.493 e. The summed E-state index contributed by atoms with van der Waals surface area (Å²) in [4.78, 5) is 51.8. The number of benzene rings is 3. The largest absolute Gasteiger partial charge is 0.493 e. The number of hydrogen-bond donors (Lipinski definition) is 0. The third-order valence-electron chi connectivity index (χ3n) is 11.4. The summed E-state index contributed by atoms with van der Waals surface area (Å²) < 4.78 is 15.1. The second-order valence-corrected chi connectivity index (χ2v) is 17.0. The number of methoxy groups -OCH3 is 1. The van der Waals surface area contributed by atoms with Gasteiger partial charge in [-0.2, -0.15) is 11.8 Å². The van der Waals surface area contributed by atoms with Gasteiger partial charge in [0.1, 0.15) is 11.4 Å². The molecule has 15 heteroatoms. The van der Waals surface area contributed by atoms with Crippen LogP contribution in [0.4, 0.5) is 0 Å². The third-order valence-corrected chi connectivity index (χ3v) is 13.7. The van der Waals surface area contributed by atoms with Crippen molar-refractivity contribution in [2.75, 3.05) is 38.3 Å². The highest BCUT2D eigenvalue weighted by Crippen LogP contribution is 2.44. The van der Waals surface area contributed by atoms with Gasteiger partial charge in [-0.3, -0.25) is 23.7 Å². The number of tetrazole rings is 1. The summed E-state index contributed by atoms with van der Waals surface area (Å²) >= 11 is 3.34. The summed E-state index contributed by atoms with van der Waals surface area (Å²) in [5.74, 6) is 4.31. The predicted octanol–water partition coefficient (Wildman–Crippen LogP) is 6.27. The second-order valence-electron chi connectivity index (χ2n) is 14.8. The van der Waals surface area contributed by atoms with Gasteiger partial charge in [0, 0.05) is 58.8 Å². The minimum absolute atomic E-state index is 0.0150.